The van der Waals surface area contributed by atoms with Crippen molar-refractivity contribution >= 4 is 5.69 Å². The zero-order valence-electron chi connectivity index (χ0n) is 10.5. The van der Waals surface area contributed by atoms with Crippen molar-refractivity contribution in [2.24, 2.45) is 5.92 Å². The minimum atomic E-state index is 0.580. The lowest BCUT2D eigenvalue weighted by molar-refractivity contribution is 0.0418. The summed E-state index contributed by atoms with van der Waals surface area (Å²) in [5, 5.41) is 3.59. The first-order valence-electron chi connectivity index (χ1n) is 6.78. The van der Waals surface area contributed by atoms with E-state index in [0.717, 1.165) is 19.1 Å². The van der Waals surface area contributed by atoms with Crippen LogP contribution < -0.4 is 5.32 Å². The Morgan fingerprint density at radius 3 is 3.00 bits per heavy atom. The molecule has 1 aromatic rings. The van der Waals surface area contributed by atoms with Gasteiger partial charge in [0.25, 0.3) is 0 Å². The van der Waals surface area contributed by atoms with Crippen LogP contribution in [0, 0.1) is 5.92 Å². The third-order valence-corrected chi connectivity index (χ3v) is 4.13. The van der Waals surface area contributed by atoms with Crippen LogP contribution in [0.15, 0.2) is 24.3 Å². The monoisotopic (exact) mass is 231 g/mol. The van der Waals surface area contributed by atoms with Crippen molar-refractivity contribution < 1.29 is 4.74 Å². The van der Waals surface area contributed by atoms with Gasteiger partial charge in [-0.1, -0.05) is 18.2 Å². The first kappa shape index (κ1) is 11.1. The molecule has 0 radical (unpaired) electrons. The standard InChI is InChI=1S/C15H21NO/c1-11-9-14(12-5-4-8-17-10-12)13-6-2-3-7-15(13)16-11/h2-3,6-7,11-12,14,16H,4-5,8-10H2,1H3. The van der Waals surface area contributed by atoms with E-state index in [4.69, 9.17) is 4.74 Å². The van der Waals surface area contributed by atoms with E-state index in [0.29, 0.717) is 12.0 Å². The fraction of sp³-hybridized carbons (Fsp3) is 0.600. The lowest BCUT2D eigenvalue weighted by atomic mass is 9.76. The lowest BCUT2D eigenvalue weighted by Crippen LogP contribution is -2.32. The Morgan fingerprint density at radius 2 is 2.18 bits per heavy atom. The molecule has 1 N–H and O–H groups in total. The van der Waals surface area contributed by atoms with Gasteiger partial charge < -0.3 is 10.1 Å². The molecule has 2 heteroatoms. The lowest BCUT2D eigenvalue weighted by Gasteiger charge is -2.37. The van der Waals surface area contributed by atoms with Gasteiger partial charge in [0, 0.05) is 24.9 Å². The van der Waals surface area contributed by atoms with E-state index in [2.05, 4.69) is 36.5 Å². The fourth-order valence-corrected chi connectivity index (χ4v) is 3.31. The van der Waals surface area contributed by atoms with Gasteiger partial charge in [-0.05, 0) is 49.7 Å². The first-order valence-corrected chi connectivity index (χ1v) is 6.78. The Morgan fingerprint density at radius 1 is 1.29 bits per heavy atom. The number of rotatable bonds is 1. The van der Waals surface area contributed by atoms with Crippen LogP contribution in [0.2, 0.25) is 0 Å². The Balaban J connectivity index is 1.88. The average Bonchev–Trinajstić information content (AvgIpc) is 2.39. The molecule has 0 spiro atoms. The molecule has 0 aromatic heterocycles. The highest BCUT2D eigenvalue weighted by Crippen LogP contribution is 2.41. The highest BCUT2D eigenvalue weighted by Gasteiger charge is 2.31. The molecule has 1 fully saturated rings. The van der Waals surface area contributed by atoms with Gasteiger partial charge in [-0.25, -0.2) is 0 Å². The van der Waals surface area contributed by atoms with Crippen LogP contribution in [0.4, 0.5) is 5.69 Å². The molecule has 0 bridgehead atoms. The van der Waals surface area contributed by atoms with Crippen molar-refractivity contribution in [2.75, 3.05) is 18.5 Å². The molecule has 3 unspecified atom stereocenters. The average molecular weight is 231 g/mol. The van der Waals surface area contributed by atoms with E-state index >= 15 is 0 Å². The zero-order chi connectivity index (χ0) is 11.7. The van der Waals surface area contributed by atoms with E-state index < -0.39 is 0 Å². The molecular formula is C15H21NO. The third kappa shape index (κ3) is 2.19. The van der Waals surface area contributed by atoms with Crippen LogP contribution in [-0.4, -0.2) is 19.3 Å². The number of anilines is 1. The van der Waals surface area contributed by atoms with Crippen molar-refractivity contribution in [2.45, 2.75) is 38.1 Å². The summed E-state index contributed by atoms with van der Waals surface area (Å²) in [7, 11) is 0. The van der Waals surface area contributed by atoms with Gasteiger partial charge >= 0.3 is 0 Å². The van der Waals surface area contributed by atoms with E-state index in [-0.39, 0.29) is 0 Å². The molecule has 0 amide bonds. The maximum atomic E-state index is 5.67. The number of nitrogens with one attached hydrogen (secondary N) is 1. The first-order chi connectivity index (χ1) is 8.34. The van der Waals surface area contributed by atoms with Gasteiger partial charge in [-0.15, -0.1) is 0 Å². The van der Waals surface area contributed by atoms with Crippen molar-refractivity contribution in [1.29, 1.82) is 0 Å². The second-order valence-electron chi connectivity index (χ2n) is 5.45. The summed E-state index contributed by atoms with van der Waals surface area (Å²) in [6, 6.07) is 9.36. The van der Waals surface area contributed by atoms with Crippen LogP contribution in [0.1, 0.15) is 37.7 Å². The Labute approximate surface area is 103 Å². The molecule has 3 rings (SSSR count). The van der Waals surface area contributed by atoms with Gasteiger partial charge in [-0.2, -0.15) is 0 Å². The third-order valence-electron chi connectivity index (χ3n) is 4.13. The summed E-state index contributed by atoms with van der Waals surface area (Å²) in [5.74, 6) is 1.40. The van der Waals surface area contributed by atoms with Crippen LogP contribution in [0.5, 0.6) is 0 Å². The molecule has 17 heavy (non-hydrogen) atoms. The topological polar surface area (TPSA) is 21.3 Å². The fourth-order valence-electron chi connectivity index (χ4n) is 3.31. The zero-order valence-corrected chi connectivity index (χ0v) is 10.5. The summed E-state index contributed by atoms with van der Waals surface area (Å²) < 4.78 is 5.67. The molecule has 92 valence electrons. The quantitative estimate of drug-likeness (QED) is 0.800. The Hall–Kier alpha value is -1.02. The minimum Gasteiger partial charge on any atom is -0.382 e. The van der Waals surface area contributed by atoms with E-state index in [9.17, 15) is 0 Å². The number of ether oxygens (including phenoxy) is 1. The number of hydrogen-bond acceptors (Lipinski definition) is 2. The van der Waals surface area contributed by atoms with Crippen LogP contribution in [-0.2, 0) is 4.74 Å². The summed E-state index contributed by atoms with van der Waals surface area (Å²) in [6.45, 7) is 4.19. The number of fused-ring (bicyclic) bond motifs is 1. The van der Waals surface area contributed by atoms with Crippen LogP contribution in [0.3, 0.4) is 0 Å². The van der Waals surface area contributed by atoms with Gasteiger partial charge in [0.15, 0.2) is 0 Å². The number of benzene rings is 1. The molecule has 1 saturated heterocycles. The minimum absolute atomic E-state index is 0.580. The molecule has 2 aliphatic rings. The molecule has 2 aliphatic heterocycles. The Bertz CT molecular complexity index is 384. The van der Waals surface area contributed by atoms with Gasteiger partial charge in [0.2, 0.25) is 0 Å². The second-order valence-corrected chi connectivity index (χ2v) is 5.45. The molecular weight excluding hydrogens is 210 g/mol. The van der Waals surface area contributed by atoms with Crippen LogP contribution in [0.25, 0.3) is 0 Å². The Kier molecular flexibility index (Phi) is 3.06. The largest absolute Gasteiger partial charge is 0.382 e. The molecule has 1 aromatic carbocycles. The van der Waals surface area contributed by atoms with Crippen LogP contribution >= 0.6 is 0 Å². The van der Waals surface area contributed by atoms with E-state index in [1.807, 2.05) is 0 Å². The van der Waals surface area contributed by atoms with Crippen molar-refractivity contribution in [3.63, 3.8) is 0 Å². The predicted molar refractivity (Wildman–Crippen MR) is 70.4 cm³/mol. The molecule has 3 atom stereocenters. The molecule has 2 nitrogen and oxygen atoms in total. The highest BCUT2D eigenvalue weighted by molar-refractivity contribution is 5.55. The molecule has 2 heterocycles. The van der Waals surface area contributed by atoms with Crippen molar-refractivity contribution in [3.05, 3.63) is 29.8 Å². The van der Waals surface area contributed by atoms with E-state index in [1.54, 1.807) is 0 Å². The second kappa shape index (κ2) is 4.69. The maximum absolute atomic E-state index is 5.67. The number of hydrogen-bond donors (Lipinski definition) is 1. The molecule has 0 aliphatic carbocycles. The molecule has 0 saturated carbocycles. The van der Waals surface area contributed by atoms with E-state index in [1.165, 1.54) is 30.5 Å². The van der Waals surface area contributed by atoms with Crippen molar-refractivity contribution in [3.8, 4) is 0 Å². The van der Waals surface area contributed by atoms with Crippen molar-refractivity contribution in [1.82, 2.24) is 0 Å². The summed E-state index contributed by atoms with van der Waals surface area (Å²) >= 11 is 0. The SMILES string of the molecule is CC1CC(C2CCCOC2)c2ccccc2N1. The predicted octanol–water partition coefficient (Wildman–Crippen LogP) is 3.40. The number of para-hydroxylation sites is 1. The maximum Gasteiger partial charge on any atom is 0.0500 e. The smallest absolute Gasteiger partial charge is 0.0500 e. The highest BCUT2D eigenvalue weighted by atomic mass is 16.5. The van der Waals surface area contributed by atoms with Gasteiger partial charge in [0.05, 0.1) is 0 Å². The summed E-state index contributed by atoms with van der Waals surface area (Å²) in [5.41, 5.74) is 2.84. The van der Waals surface area contributed by atoms with Gasteiger partial charge in [0.1, 0.15) is 0 Å². The summed E-state index contributed by atoms with van der Waals surface area (Å²) in [4.78, 5) is 0. The van der Waals surface area contributed by atoms with Gasteiger partial charge in [-0.3, -0.25) is 0 Å². The normalized spacial score (nSPS) is 32.6. The summed E-state index contributed by atoms with van der Waals surface area (Å²) in [6.07, 6.45) is 3.79.